The van der Waals surface area contributed by atoms with Crippen molar-refractivity contribution in [1.82, 2.24) is 4.90 Å². The zero-order valence-corrected chi connectivity index (χ0v) is 16.3. The lowest BCUT2D eigenvalue weighted by Gasteiger charge is -2.22. The van der Waals surface area contributed by atoms with E-state index in [0.717, 1.165) is 29.6 Å². The van der Waals surface area contributed by atoms with Gasteiger partial charge >= 0.3 is 0 Å². The lowest BCUT2D eigenvalue weighted by molar-refractivity contribution is 0.221. The molecular formula is C22H20BrF2NO. The molecule has 2 aromatic carbocycles. The lowest BCUT2D eigenvalue weighted by atomic mass is 10.1. The fourth-order valence-corrected chi connectivity index (χ4v) is 3.92. The molecule has 0 aliphatic heterocycles. The van der Waals surface area contributed by atoms with Crippen LogP contribution in [0.2, 0.25) is 0 Å². The molecule has 1 heterocycles. The quantitative estimate of drug-likeness (QED) is 0.425. The molecular weight excluding hydrogens is 412 g/mol. The summed E-state index contributed by atoms with van der Waals surface area (Å²) in [5.41, 5.74) is 3.32. The van der Waals surface area contributed by atoms with Crippen molar-refractivity contribution in [2.75, 3.05) is 0 Å². The van der Waals surface area contributed by atoms with Crippen LogP contribution in [0.3, 0.4) is 0 Å². The number of alkyl halides is 1. The first-order valence-corrected chi connectivity index (χ1v) is 10.1. The molecule has 2 nitrogen and oxygen atoms in total. The Labute approximate surface area is 165 Å². The summed E-state index contributed by atoms with van der Waals surface area (Å²) >= 11 is 3.47. The van der Waals surface area contributed by atoms with Crippen LogP contribution in [0.15, 0.2) is 65.3 Å². The van der Waals surface area contributed by atoms with Crippen molar-refractivity contribution in [1.29, 1.82) is 0 Å². The third-order valence-corrected chi connectivity index (χ3v) is 5.75. The Bertz CT molecular complexity index is 895. The number of benzene rings is 2. The summed E-state index contributed by atoms with van der Waals surface area (Å²) in [5, 5.41) is 0.838. The van der Waals surface area contributed by atoms with Gasteiger partial charge in [-0.2, -0.15) is 0 Å². The predicted octanol–water partition coefficient (Wildman–Crippen LogP) is 6.01. The van der Waals surface area contributed by atoms with Crippen LogP contribution >= 0.6 is 15.9 Å². The van der Waals surface area contributed by atoms with Gasteiger partial charge in [0, 0.05) is 23.8 Å². The number of hydrogen-bond donors (Lipinski definition) is 0. The van der Waals surface area contributed by atoms with Crippen molar-refractivity contribution >= 4 is 15.9 Å². The van der Waals surface area contributed by atoms with Crippen molar-refractivity contribution in [3.63, 3.8) is 0 Å². The average molecular weight is 432 g/mol. The van der Waals surface area contributed by atoms with Gasteiger partial charge in [0.05, 0.1) is 12.8 Å². The molecule has 3 aromatic rings. The van der Waals surface area contributed by atoms with Gasteiger partial charge in [0.25, 0.3) is 0 Å². The highest BCUT2D eigenvalue weighted by Crippen LogP contribution is 2.46. The molecule has 1 aromatic heterocycles. The highest BCUT2D eigenvalue weighted by Gasteiger charge is 2.43. The molecule has 1 aliphatic rings. The molecule has 1 fully saturated rings. The highest BCUT2D eigenvalue weighted by molar-refractivity contribution is 9.08. The minimum absolute atomic E-state index is 0.219. The molecule has 2 atom stereocenters. The summed E-state index contributed by atoms with van der Waals surface area (Å²) in [6.07, 6.45) is 2.61. The van der Waals surface area contributed by atoms with Gasteiger partial charge in [0.2, 0.25) is 0 Å². The third-order valence-electron chi connectivity index (χ3n) is 5.10. The summed E-state index contributed by atoms with van der Waals surface area (Å²) < 4.78 is 32.4. The molecule has 4 rings (SSSR count). The summed E-state index contributed by atoms with van der Waals surface area (Å²) in [4.78, 5) is 2.36. The smallest absolute Gasteiger partial charge is 0.159 e. The van der Waals surface area contributed by atoms with E-state index in [2.05, 4.69) is 45.1 Å². The molecule has 0 radical (unpaired) electrons. The molecule has 0 amide bonds. The first kappa shape index (κ1) is 18.4. The Morgan fingerprint density at radius 1 is 0.963 bits per heavy atom. The van der Waals surface area contributed by atoms with E-state index in [9.17, 15) is 8.78 Å². The second-order valence-electron chi connectivity index (χ2n) is 7.02. The number of halogens is 3. The largest absolute Gasteiger partial charge is 0.468 e. The van der Waals surface area contributed by atoms with Crippen LogP contribution in [-0.2, 0) is 18.4 Å². The van der Waals surface area contributed by atoms with Crippen molar-refractivity contribution < 1.29 is 13.2 Å². The molecule has 1 saturated carbocycles. The van der Waals surface area contributed by atoms with Gasteiger partial charge in [-0.25, -0.2) is 8.78 Å². The van der Waals surface area contributed by atoms with Crippen LogP contribution in [0.25, 0.3) is 0 Å². The van der Waals surface area contributed by atoms with Gasteiger partial charge in [-0.1, -0.05) is 46.3 Å². The molecule has 27 heavy (non-hydrogen) atoms. The Hall–Kier alpha value is -1.98. The fraction of sp³-hybridized carbons (Fsp3) is 0.273. The average Bonchev–Trinajstić information content (AvgIpc) is 3.32. The summed E-state index contributed by atoms with van der Waals surface area (Å²) in [7, 11) is 0. The lowest BCUT2D eigenvalue weighted by Crippen LogP contribution is -2.26. The van der Waals surface area contributed by atoms with E-state index in [0.29, 0.717) is 6.54 Å². The Kier molecular flexibility index (Phi) is 5.41. The number of hydrogen-bond acceptors (Lipinski definition) is 2. The predicted molar refractivity (Wildman–Crippen MR) is 105 cm³/mol. The van der Waals surface area contributed by atoms with Gasteiger partial charge in [0.15, 0.2) is 11.6 Å². The Balaban J connectivity index is 1.52. The third kappa shape index (κ3) is 4.30. The van der Waals surface area contributed by atoms with Gasteiger partial charge in [-0.15, -0.1) is 0 Å². The van der Waals surface area contributed by atoms with Crippen LogP contribution in [0.1, 0.15) is 34.8 Å². The van der Waals surface area contributed by atoms with Crippen molar-refractivity contribution in [2.45, 2.75) is 36.8 Å². The molecule has 0 saturated heterocycles. The van der Waals surface area contributed by atoms with E-state index in [1.807, 2.05) is 12.1 Å². The first-order chi connectivity index (χ1) is 13.1. The van der Waals surface area contributed by atoms with Crippen LogP contribution in [0.5, 0.6) is 0 Å². The molecule has 0 N–H and O–H groups in total. The minimum atomic E-state index is -0.796. The molecule has 140 valence electrons. The molecule has 0 unspecified atom stereocenters. The topological polar surface area (TPSA) is 16.4 Å². The van der Waals surface area contributed by atoms with Crippen molar-refractivity contribution in [3.05, 3.63) is 94.9 Å². The summed E-state index contributed by atoms with van der Waals surface area (Å²) in [6, 6.07) is 16.9. The Morgan fingerprint density at radius 2 is 1.74 bits per heavy atom. The van der Waals surface area contributed by atoms with E-state index in [1.165, 1.54) is 23.3 Å². The van der Waals surface area contributed by atoms with E-state index >= 15 is 0 Å². The standard InChI is InChI=1S/C22H20BrF2NO/c23-12-15-3-5-16(6-4-15)13-26(14-18-2-1-9-27-18)22-11-19(22)17-7-8-20(24)21(25)10-17/h1-10,19,22H,11-14H2/t19-,22+/m0/s1. The molecule has 1 aliphatic carbocycles. The van der Waals surface area contributed by atoms with E-state index in [1.54, 1.807) is 12.3 Å². The van der Waals surface area contributed by atoms with Gasteiger partial charge in [-0.05, 0) is 47.4 Å². The van der Waals surface area contributed by atoms with Crippen molar-refractivity contribution in [2.24, 2.45) is 0 Å². The van der Waals surface area contributed by atoms with E-state index < -0.39 is 11.6 Å². The van der Waals surface area contributed by atoms with Crippen LogP contribution in [0, 0.1) is 11.6 Å². The zero-order valence-electron chi connectivity index (χ0n) is 14.7. The second-order valence-corrected chi connectivity index (χ2v) is 7.58. The summed E-state index contributed by atoms with van der Waals surface area (Å²) in [6.45, 7) is 1.48. The highest BCUT2D eigenvalue weighted by atomic mass is 79.9. The van der Waals surface area contributed by atoms with Gasteiger partial charge in [-0.3, -0.25) is 4.90 Å². The number of rotatable bonds is 7. The maximum Gasteiger partial charge on any atom is 0.159 e. The van der Waals surface area contributed by atoms with Crippen LogP contribution in [0.4, 0.5) is 8.78 Å². The molecule has 5 heteroatoms. The fourth-order valence-electron chi connectivity index (χ4n) is 3.55. The van der Waals surface area contributed by atoms with Gasteiger partial charge < -0.3 is 4.42 Å². The minimum Gasteiger partial charge on any atom is -0.468 e. The maximum atomic E-state index is 13.6. The number of nitrogens with zero attached hydrogens (tertiary/aromatic N) is 1. The normalized spacial score (nSPS) is 18.8. The number of furan rings is 1. The second kappa shape index (κ2) is 7.95. The zero-order chi connectivity index (χ0) is 18.8. The Morgan fingerprint density at radius 3 is 2.41 bits per heavy atom. The van der Waals surface area contributed by atoms with Crippen molar-refractivity contribution in [3.8, 4) is 0 Å². The van der Waals surface area contributed by atoms with E-state index in [-0.39, 0.29) is 12.0 Å². The molecule has 0 spiro atoms. The first-order valence-electron chi connectivity index (χ1n) is 8.99. The van der Waals surface area contributed by atoms with Gasteiger partial charge in [0.1, 0.15) is 5.76 Å². The maximum absolute atomic E-state index is 13.6. The summed E-state index contributed by atoms with van der Waals surface area (Å²) in [5.74, 6) is -0.448. The monoisotopic (exact) mass is 431 g/mol. The van der Waals surface area contributed by atoms with Crippen LogP contribution in [-0.4, -0.2) is 10.9 Å². The van der Waals surface area contributed by atoms with Crippen LogP contribution < -0.4 is 0 Å². The SMILES string of the molecule is Fc1ccc([C@@H]2C[C@H]2N(Cc2ccc(CBr)cc2)Cc2ccco2)cc1F. The molecule has 0 bridgehead atoms. The van der Waals surface area contributed by atoms with E-state index in [4.69, 9.17) is 4.42 Å².